The molecule has 0 fully saturated rings. The highest BCUT2D eigenvalue weighted by atomic mass is 16.5. The van der Waals surface area contributed by atoms with Crippen molar-refractivity contribution < 1.29 is 9.47 Å². The summed E-state index contributed by atoms with van der Waals surface area (Å²) >= 11 is 0. The SMILES string of the molecule is COc1cc(Oc2nc(C)nc(N(C)C)n2)ccc1C#N. The van der Waals surface area contributed by atoms with Gasteiger partial charge in [-0.15, -0.1) is 0 Å². The Bertz CT molecular complexity index is 694. The molecule has 0 amide bonds. The van der Waals surface area contributed by atoms with Gasteiger partial charge in [-0.2, -0.15) is 20.2 Å². The summed E-state index contributed by atoms with van der Waals surface area (Å²) < 4.78 is 10.8. The second-order valence-corrected chi connectivity index (χ2v) is 4.44. The Balaban J connectivity index is 2.32. The molecule has 1 aromatic carbocycles. The van der Waals surface area contributed by atoms with Gasteiger partial charge in [0, 0.05) is 20.2 Å². The third kappa shape index (κ3) is 3.36. The molecule has 0 saturated heterocycles. The molecular formula is C14H15N5O2. The lowest BCUT2D eigenvalue weighted by Gasteiger charge is -2.12. The van der Waals surface area contributed by atoms with Gasteiger partial charge < -0.3 is 14.4 Å². The summed E-state index contributed by atoms with van der Waals surface area (Å²) in [5.41, 5.74) is 0.436. The predicted molar refractivity (Wildman–Crippen MR) is 76.7 cm³/mol. The van der Waals surface area contributed by atoms with E-state index in [2.05, 4.69) is 15.0 Å². The standard InChI is InChI=1S/C14H15N5O2/c1-9-16-13(19(2)3)18-14(17-9)21-11-6-5-10(8-15)12(7-11)20-4/h5-7H,1-4H3. The zero-order chi connectivity index (χ0) is 15.4. The van der Waals surface area contributed by atoms with E-state index in [9.17, 15) is 0 Å². The number of aryl methyl sites for hydroxylation is 1. The van der Waals surface area contributed by atoms with Gasteiger partial charge in [0.15, 0.2) is 0 Å². The van der Waals surface area contributed by atoms with E-state index >= 15 is 0 Å². The van der Waals surface area contributed by atoms with E-state index in [1.165, 1.54) is 7.11 Å². The predicted octanol–water partition coefficient (Wildman–Crippen LogP) is 1.92. The quantitative estimate of drug-likeness (QED) is 0.848. The second-order valence-electron chi connectivity index (χ2n) is 4.44. The first-order valence-corrected chi connectivity index (χ1v) is 6.19. The van der Waals surface area contributed by atoms with Crippen LogP contribution in [0.25, 0.3) is 0 Å². The van der Waals surface area contributed by atoms with Crippen LogP contribution in [0.1, 0.15) is 11.4 Å². The van der Waals surface area contributed by atoms with Crippen molar-refractivity contribution in [1.29, 1.82) is 5.26 Å². The Kier molecular flexibility index (Phi) is 4.18. The number of methoxy groups -OCH3 is 1. The first-order valence-electron chi connectivity index (χ1n) is 6.19. The minimum Gasteiger partial charge on any atom is -0.495 e. The van der Waals surface area contributed by atoms with Gasteiger partial charge in [-0.25, -0.2) is 0 Å². The normalized spacial score (nSPS) is 9.86. The van der Waals surface area contributed by atoms with Crippen LogP contribution >= 0.6 is 0 Å². The summed E-state index contributed by atoms with van der Waals surface area (Å²) in [4.78, 5) is 14.3. The van der Waals surface area contributed by atoms with E-state index in [4.69, 9.17) is 14.7 Å². The van der Waals surface area contributed by atoms with Crippen LogP contribution in [0, 0.1) is 18.3 Å². The van der Waals surface area contributed by atoms with Gasteiger partial charge in [0.25, 0.3) is 0 Å². The molecular weight excluding hydrogens is 270 g/mol. The molecule has 0 unspecified atom stereocenters. The zero-order valence-corrected chi connectivity index (χ0v) is 12.3. The molecule has 0 aliphatic carbocycles. The van der Waals surface area contributed by atoms with E-state index in [-0.39, 0.29) is 6.01 Å². The highest BCUT2D eigenvalue weighted by Crippen LogP contribution is 2.26. The van der Waals surface area contributed by atoms with E-state index in [1.807, 2.05) is 20.2 Å². The minimum atomic E-state index is 0.193. The molecule has 0 aliphatic rings. The third-order valence-corrected chi connectivity index (χ3v) is 2.62. The zero-order valence-electron chi connectivity index (χ0n) is 12.3. The van der Waals surface area contributed by atoms with Crippen molar-refractivity contribution in [3.63, 3.8) is 0 Å². The number of hydrogen-bond donors (Lipinski definition) is 0. The number of benzene rings is 1. The van der Waals surface area contributed by atoms with Crippen molar-refractivity contribution in [3.8, 4) is 23.6 Å². The highest BCUT2D eigenvalue weighted by Gasteiger charge is 2.10. The van der Waals surface area contributed by atoms with Crippen molar-refractivity contribution in [2.45, 2.75) is 6.92 Å². The Labute approximate surface area is 122 Å². The Morgan fingerprint density at radius 2 is 1.95 bits per heavy atom. The van der Waals surface area contributed by atoms with E-state index < -0.39 is 0 Å². The number of rotatable bonds is 4. The molecule has 0 saturated carbocycles. The van der Waals surface area contributed by atoms with Gasteiger partial charge in [-0.1, -0.05) is 0 Å². The third-order valence-electron chi connectivity index (χ3n) is 2.62. The first kappa shape index (κ1) is 14.5. The summed E-state index contributed by atoms with van der Waals surface area (Å²) in [6.45, 7) is 1.76. The molecule has 0 spiro atoms. The number of nitriles is 1. The van der Waals surface area contributed by atoms with Gasteiger partial charge in [0.05, 0.1) is 12.7 Å². The Morgan fingerprint density at radius 1 is 1.19 bits per heavy atom. The van der Waals surface area contributed by atoms with Gasteiger partial charge >= 0.3 is 6.01 Å². The fourth-order valence-electron chi connectivity index (χ4n) is 1.62. The summed E-state index contributed by atoms with van der Waals surface area (Å²) in [7, 11) is 5.17. The van der Waals surface area contributed by atoms with Crippen LogP contribution in [-0.2, 0) is 0 Å². The van der Waals surface area contributed by atoms with Crippen LogP contribution in [0.4, 0.5) is 5.95 Å². The topological polar surface area (TPSA) is 84.2 Å². The van der Waals surface area contributed by atoms with Crippen molar-refractivity contribution in [2.24, 2.45) is 0 Å². The molecule has 2 rings (SSSR count). The number of nitrogens with zero attached hydrogens (tertiary/aromatic N) is 5. The summed E-state index contributed by atoms with van der Waals surface area (Å²) in [5, 5.41) is 8.95. The van der Waals surface area contributed by atoms with Crippen LogP contribution in [0.15, 0.2) is 18.2 Å². The van der Waals surface area contributed by atoms with Crippen LogP contribution < -0.4 is 14.4 Å². The average molecular weight is 285 g/mol. The first-order chi connectivity index (χ1) is 10.0. The number of ether oxygens (including phenoxy) is 2. The molecule has 1 aromatic heterocycles. The van der Waals surface area contributed by atoms with Crippen LogP contribution in [0.2, 0.25) is 0 Å². The van der Waals surface area contributed by atoms with Crippen LogP contribution in [-0.4, -0.2) is 36.2 Å². The molecule has 0 bridgehead atoms. The molecule has 21 heavy (non-hydrogen) atoms. The molecule has 1 heterocycles. The highest BCUT2D eigenvalue weighted by molar-refractivity contribution is 5.48. The molecule has 0 aliphatic heterocycles. The van der Waals surface area contributed by atoms with Crippen molar-refractivity contribution in [3.05, 3.63) is 29.6 Å². The number of hydrogen-bond acceptors (Lipinski definition) is 7. The van der Waals surface area contributed by atoms with Crippen molar-refractivity contribution in [1.82, 2.24) is 15.0 Å². The molecule has 0 N–H and O–H groups in total. The smallest absolute Gasteiger partial charge is 0.327 e. The fourth-order valence-corrected chi connectivity index (χ4v) is 1.62. The maximum atomic E-state index is 8.95. The summed E-state index contributed by atoms with van der Waals surface area (Å²) in [6.07, 6.45) is 0. The lowest BCUT2D eigenvalue weighted by atomic mass is 10.2. The molecule has 108 valence electrons. The Hall–Kier alpha value is -2.88. The molecule has 7 nitrogen and oxygen atoms in total. The van der Waals surface area contributed by atoms with E-state index in [0.717, 1.165) is 0 Å². The lowest BCUT2D eigenvalue weighted by molar-refractivity contribution is 0.402. The number of anilines is 1. The summed E-state index contributed by atoms with van der Waals surface area (Å²) in [5.74, 6) is 2.00. The maximum Gasteiger partial charge on any atom is 0.327 e. The summed E-state index contributed by atoms with van der Waals surface area (Å²) in [6, 6.07) is 7.14. The van der Waals surface area contributed by atoms with Gasteiger partial charge in [0.2, 0.25) is 5.95 Å². The molecule has 7 heteroatoms. The van der Waals surface area contributed by atoms with E-state index in [1.54, 1.807) is 30.0 Å². The molecule has 2 aromatic rings. The van der Waals surface area contributed by atoms with Gasteiger partial charge in [-0.3, -0.25) is 0 Å². The minimum absolute atomic E-state index is 0.193. The average Bonchev–Trinajstić information content (AvgIpc) is 2.46. The Morgan fingerprint density at radius 3 is 2.57 bits per heavy atom. The molecule has 0 atom stereocenters. The second kappa shape index (κ2) is 6.05. The maximum absolute atomic E-state index is 8.95. The molecule has 0 radical (unpaired) electrons. The largest absolute Gasteiger partial charge is 0.495 e. The van der Waals surface area contributed by atoms with Crippen molar-refractivity contribution in [2.75, 3.05) is 26.1 Å². The van der Waals surface area contributed by atoms with Crippen LogP contribution in [0.3, 0.4) is 0 Å². The van der Waals surface area contributed by atoms with E-state index in [0.29, 0.717) is 28.8 Å². The number of aromatic nitrogens is 3. The van der Waals surface area contributed by atoms with Gasteiger partial charge in [0.1, 0.15) is 23.4 Å². The van der Waals surface area contributed by atoms with Crippen LogP contribution in [0.5, 0.6) is 17.5 Å². The lowest BCUT2D eigenvalue weighted by Crippen LogP contribution is -2.14. The van der Waals surface area contributed by atoms with Crippen molar-refractivity contribution >= 4 is 5.95 Å². The monoisotopic (exact) mass is 285 g/mol. The van der Waals surface area contributed by atoms with Gasteiger partial charge in [-0.05, 0) is 19.1 Å². The fraction of sp³-hybridized carbons (Fsp3) is 0.286.